The van der Waals surface area contributed by atoms with E-state index in [1.807, 2.05) is 0 Å². The second-order valence-electron chi connectivity index (χ2n) is 6.86. The van der Waals surface area contributed by atoms with Crippen molar-refractivity contribution in [1.82, 2.24) is 19.7 Å². The molecule has 4 atom stereocenters. The van der Waals surface area contributed by atoms with Gasteiger partial charge in [-0.3, -0.25) is 0 Å². The number of aryl methyl sites for hydroxylation is 1. The SMILES string of the molecule is Cc1ccc(/C=C/CSc2ncnc3c2cnn3C2O[C@H](CO)[C@@H](O)[C@H]2O)cc1. The first-order valence-electron chi connectivity index (χ1n) is 9.25. The van der Waals surface area contributed by atoms with E-state index in [0.717, 1.165) is 21.7 Å². The van der Waals surface area contributed by atoms with Gasteiger partial charge in [-0.25, -0.2) is 14.6 Å². The molecule has 8 nitrogen and oxygen atoms in total. The number of fused-ring (bicyclic) bond motifs is 1. The summed E-state index contributed by atoms with van der Waals surface area (Å²) in [4.78, 5) is 8.60. The van der Waals surface area contributed by atoms with Gasteiger partial charge in [0, 0.05) is 5.75 Å². The van der Waals surface area contributed by atoms with Gasteiger partial charge in [-0.15, -0.1) is 11.8 Å². The van der Waals surface area contributed by atoms with E-state index in [9.17, 15) is 15.3 Å². The maximum Gasteiger partial charge on any atom is 0.181 e. The summed E-state index contributed by atoms with van der Waals surface area (Å²) in [5, 5.41) is 35.3. The number of thioether (sulfide) groups is 1. The summed E-state index contributed by atoms with van der Waals surface area (Å²) >= 11 is 1.55. The number of hydrogen-bond acceptors (Lipinski definition) is 8. The van der Waals surface area contributed by atoms with Gasteiger partial charge in [-0.05, 0) is 12.5 Å². The Bertz CT molecular complexity index is 1010. The minimum atomic E-state index is -1.21. The van der Waals surface area contributed by atoms with E-state index in [4.69, 9.17) is 4.74 Å². The molecule has 152 valence electrons. The molecule has 1 aromatic carbocycles. The Kier molecular flexibility index (Phi) is 5.93. The molecule has 1 saturated heterocycles. The van der Waals surface area contributed by atoms with Crippen LogP contribution in [0.4, 0.5) is 0 Å². The van der Waals surface area contributed by atoms with Crippen LogP contribution >= 0.6 is 11.8 Å². The van der Waals surface area contributed by atoms with Crippen LogP contribution in [0.25, 0.3) is 17.1 Å². The zero-order chi connectivity index (χ0) is 20.4. The monoisotopic (exact) mass is 414 g/mol. The van der Waals surface area contributed by atoms with Gasteiger partial charge in [0.05, 0.1) is 18.2 Å². The molecule has 1 aliphatic heterocycles. The van der Waals surface area contributed by atoms with Crippen molar-refractivity contribution >= 4 is 28.9 Å². The minimum Gasteiger partial charge on any atom is -0.394 e. The molecular formula is C20H22N4O4S. The van der Waals surface area contributed by atoms with E-state index >= 15 is 0 Å². The van der Waals surface area contributed by atoms with Crippen LogP contribution in [-0.4, -0.2) is 65.7 Å². The fourth-order valence-corrected chi connectivity index (χ4v) is 3.98. The van der Waals surface area contributed by atoms with Crippen LogP contribution in [0.2, 0.25) is 0 Å². The van der Waals surface area contributed by atoms with Gasteiger partial charge < -0.3 is 20.1 Å². The van der Waals surface area contributed by atoms with Crippen LogP contribution in [0, 0.1) is 6.92 Å². The first kappa shape index (κ1) is 20.0. The van der Waals surface area contributed by atoms with E-state index in [1.54, 1.807) is 18.0 Å². The van der Waals surface area contributed by atoms with Crippen molar-refractivity contribution in [3.63, 3.8) is 0 Å². The summed E-state index contributed by atoms with van der Waals surface area (Å²) in [6, 6.07) is 8.30. The average Bonchev–Trinajstić information content (AvgIpc) is 3.28. The summed E-state index contributed by atoms with van der Waals surface area (Å²) < 4.78 is 6.98. The molecule has 0 bridgehead atoms. The standard InChI is InChI=1S/C20H22N4O4S/c1-12-4-6-13(7-5-12)3-2-8-29-19-14-9-23-24(18(14)21-11-22-19)20-17(27)16(26)15(10-25)28-20/h2-7,9,11,15-17,20,25-27H,8,10H2,1H3/b3-2+/t15-,16-,17-,20?/m1/s1. The first-order valence-corrected chi connectivity index (χ1v) is 10.2. The lowest BCUT2D eigenvalue weighted by molar-refractivity contribution is -0.0566. The van der Waals surface area contributed by atoms with Crippen molar-refractivity contribution < 1.29 is 20.1 Å². The van der Waals surface area contributed by atoms with Gasteiger partial charge >= 0.3 is 0 Å². The Hall–Kier alpha value is -2.30. The van der Waals surface area contributed by atoms with Crippen LogP contribution in [0.3, 0.4) is 0 Å². The predicted octanol–water partition coefficient (Wildman–Crippen LogP) is 1.55. The molecule has 0 spiro atoms. The Balaban J connectivity index is 1.50. The Morgan fingerprint density at radius 1 is 1.17 bits per heavy atom. The Morgan fingerprint density at radius 3 is 2.69 bits per heavy atom. The quantitative estimate of drug-likeness (QED) is 0.411. The molecule has 1 unspecified atom stereocenters. The van der Waals surface area contributed by atoms with E-state index in [1.165, 1.54) is 16.6 Å². The van der Waals surface area contributed by atoms with Crippen molar-refractivity contribution in [2.75, 3.05) is 12.4 Å². The second kappa shape index (κ2) is 8.60. The summed E-state index contributed by atoms with van der Waals surface area (Å²) in [5.41, 5.74) is 2.87. The van der Waals surface area contributed by atoms with Crippen LogP contribution in [-0.2, 0) is 4.74 Å². The second-order valence-corrected chi connectivity index (χ2v) is 7.87. The number of aliphatic hydroxyl groups is 3. The molecule has 3 N–H and O–H groups in total. The van der Waals surface area contributed by atoms with Gasteiger partial charge in [0.1, 0.15) is 29.7 Å². The first-order chi connectivity index (χ1) is 14.1. The van der Waals surface area contributed by atoms with Crippen LogP contribution in [0.5, 0.6) is 0 Å². The fraction of sp³-hybridized carbons (Fsp3) is 0.350. The molecule has 1 aliphatic rings. The lowest BCUT2D eigenvalue weighted by Gasteiger charge is -2.15. The molecule has 0 radical (unpaired) electrons. The highest BCUT2D eigenvalue weighted by atomic mass is 32.2. The normalized spacial score (nSPS) is 24.7. The largest absolute Gasteiger partial charge is 0.394 e. The van der Waals surface area contributed by atoms with Crippen molar-refractivity contribution in [2.24, 2.45) is 0 Å². The lowest BCUT2D eigenvalue weighted by atomic mass is 10.1. The molecular weight excluding hydrogens is 392 g/mol. The van der Waals surface area contributed by atoms with Crippen molar-refractivity contribution in [3.8, 4) is 0 Å². The smallest absolute Gasteiger partial charge is 0.181 e. The van der Waals surface area contributed by atoms with Crippen molar-refractivity contribution in [3.05, 3.63) is 54.0 Å². The Labute approximate surface area is 171 Å². The molecule has 0 saturated carbocycles. The maximum absolute atomic E-state index is 10.3. The van der Waals surface area contributed by atoms with Gasteiger partial charge in [-0.1, -0.05) is 42.0 Å². The molecule has 0 aliphatic carbocycles. The van der Waals surface area contributed by atoms with Gasteiger partial charge in [0.25, 0.3) is 0 Å². The van der Waals surface area contributed by atoms with Crippen LogP contribution in [0.1, 0.15) is 17.4 Å². The third-order valence-electron chi connectivity index (χ3n) is 4.82. The van der Waals surface area contributed by atoms with E-state index in [0.29, 0.717) is 5.65 Å². The van der Waals surface area contributed by atoms with E-state index < -0.39 is 31.1 Å². The number of aromatic nitrogens is 4. The zero-order valence-electron chi connectivity index (χ0n) is 15.8. The number of ether oxygens (including phenoxy) is 1. The fourth-order valence-electron chi connectivity index (χ4n) is 3.21. The number of hydrogen-bond donors (Lipinski definition) is 3. The van der Waals surface area contributed by atoms with Crippen molar-refractivity contribution in [1.29, 1.82) is 0 Å². The number of aliphatic hydroxyl groups excluding tert-OH is 3. The number of benzene rings is 1. The highest BCUT2D eigenvalue weighted by Crippen LogP contribution is 2.32. The van der Waals surface area contributed by atoms with Crippen LogP contribution < -0.4 is 0 Å². The summed E-state index contributed by atoms with van der Waals surface area (Å²) in [7, 11) is 0. The number of rotatable bonds is 6. The highest BCUT2D eigenvalue weighted by Gasteiger charge is 2.44. The molecule has 9 heteroatoms. The molecule has 2 aromatic heterocycles. The Morgan fingerprint density at radius 2 is 1.97 bits per heavy atom. The topological polar surface area (TPSA) is 114 Å². The molecule has 0 amide bonds. The van der Waals surface area contributed by atoms with E-state index in [2.05, 4.69) is 58.4 Å². The summed E-state index contributed by atoms with van der Waals surface area (Å²) in [5.74, 6) is 0.721. The van der Waals surface area contributed by atoms with Crippen LogP contribution in [0.15, 0.2) is 47.9 Å². The van der Waals surface area contributed by atoms with E-state index in [-0.39, 0.29) is 0 Å². The third kappa shape index (κ3) is 4.05. The zero-order valence-corrected chi connectivity index (χ0v) is 16.6. The third-order valence-corrected chi connectivity index (χ3v) is 5.77. The van der Waals surface area contributed by atoms with Gasteiger partial charge in [-0.2, -0.15) is 5.10 Å². The molecule has 3 heterocycles. The van der Waals surface area contributed by atoms with Crippen molar-refractivity contribution in [2.45, 2.75) is 36.5 Å². The predicted molar refractivity (Wildman–Crippen MR) is 109 cm³/mol. The molecule has 3 aromatic rings. The number of nitrogens with zero attached hydrogens (tertiary/aromatic N) is 4. The van der Waals surface area contributed by atoms with Gasteiger partial charge in [0.15, 0.2) is 11.9 Å². The summed E-state index contributed by atoms with van der Waals surface area (Å²) in [6.07, 6.45) is 3.01. The minimum absolute atomic E-state index is 0.392. The molecule has 1 fully saturated rings. The lowest BCUT2D eigenvalue weighted by Crippen LogP contribution is -2.33. The molecule has 29 heavy (non-hydrogen) atoms. The molecule has 4 rings (SSSR count). The van der Waals surface area contributed by atoms with Gasteiger partial charge in [0.2, 0.25) is 0 Å². The average molecular weight is 414 g/mol. The highest BCUT2D eigenvalue weighted by molar-refractivity contribution is 7.99. The summed E-state index contributed by atoms with van der Waals surface area (Å²) in [6.45, 7) is 1.67. The maximum atomic E-state index is 10.3.